The Labute approximate surface area is 112 Å². The van der Waals surface area contributed by atoms with Crippen LogP contribution >= 0.6 is 0 Å². The molecule has 0 fully saturated rings. The van der Waals surface area contributed by atoms with Crippen LogP contribution in [0.3, 0.4) is 0 Å². The second kappa shape index (κ2) is 5.93. The highest BCUT2D eigenvalue weighted by atomic mass is 16.5. The molecule has 0 aliphatic rings. The molecule has 0 aliphatic heterocycles. The minimum Gasteiger partial charge on any atom is -0.493 e. The lowest BCUT2D eigenvalue weighted by Crippen LogP contribution is -2.10. The van der Waals surface area contributed by atoms with E-state index in [0.29, 0.717) is 17.2 Å². The lowest BCUT2D eigenvalue weighted by molar-refractivity contribution is 0.171. The quantitative estimate of drug-likeness (QED) is 0.871. The molecule has 0 aromatic carbocycles. The maximum absolute atomic E-state index is 10.5. The number of rotatable bonds is 6. The van der Waals surface area contributed by atoms with Crippen molar-refractivity contribution in [2.45, 2.75) is 39.3 Å². The SMILES string of the molecule is CCCn1ncc(OC)c1C(O)c1ccc(CC)o1. The van der Waals surface area contributed by atoms with E-state index >= 15 is 0 Å². The summed E-state index contributed by atoms with van der Waals surface area (Å²) >= 11 is 0. The first-order valence-corrected chi connectivity index (χ1v) is 6.57. The molecule has 0 bridgehead atoms. The smallest absolute Gasteiger partial charge is 0.163 e. The van der Waals surface area contributed by atoms with E-state index in [1.54, 1.807) is 24.1 Å². The molecule has 5 heteroatoms. The van der Waals surface area contributed by atoms with E-state index in [1.807, 2.05) is 13.0 Å². The van der Waals surface area contributed by atoms with Gasteiger partial charge in [0.15, 0.2) is 11.9 Å². The Morgan fingerprint density at radius 3 is 2.79 bits per heavy atom. The number of aliphatic hydroxyl groups excluding tert-OH is 1. The van der Waals surface area contributed by atoms with E-state index in [9.17, 15) is 5.11 Å². The number of aryl methyl sites for hydroxylation is 2. The number of hydrogen-bond acceptors (Lipinski definition) is 4. The summed E-state index contributed by atoms with van der Waals surface area (Å²) < 4.78 is 12.6. The fourth-order valence-electron chi connectivity index (χ4n) is 2.07. The molecule has 2 aromatic rings. The predicted octanol–water partition coefficient (Wildman–Crippen LogP) is 2.54. The topological polar surface area (TPSA) is 60.4 Å². The summed E-state index contributed by atoms with van der Waals surface area (Å²) in [6, 6.07) is 3.68. The number of furan rings is 1. The van der Waals surface area contributed by atoms with Crippen molar-refractivity contribution in [3.8, 4) is 5.75 Å². The van der Waals surface area contributed by atoms with Crippen LogP contribution in [0.5, 0.6) is 5.75 Å². The lowest BCUT2D eigenvalue weighted by atomic mass is 10.2. The second-order valence-electron chi connectivity index (χ2n) is 4.38. The zero-order chi connectivity index (χ0) is 13.8. The Kier molecular flexibility index (Phi) is 4.27. The van der Waals surface area contributed by atoms with Crippen molar-refractivity contribution >= 4 is 0 Å². The van der Waals surface area contributed by atoms with Gasteiger partial charge in [-0.15, -0.1) is 0 Å². The molecule has 1 unspecified atom stereocenters. The summed E-state index contributed by atoms with van der Waals surface area (Å²) in [4.78, 5) is 0. The van der Waals surface area contributed by atoms with Gasteiger partial charge >= 0.3 is 0 Å². The molecule has 2 aromatic heterocycles. The number of aliphatic hydroxyl groups is 1. The lowest BCUT2D eigenvalue weighted by Gasteiger charge is -2.12. The van der Waals surface area contributed by atoms with Crippen LogP contribution in [0, 0.1) is 0 Å². The first kappa shape index (κ1) is 13.7. The molecule has 0 radical (unpaired) electrons. The molecule has 5 nitrogen and oxygen atoms in total. The van der Waals surface area contributed by atoms with Gasteiger partial charge in [-0.05, 0) is 18.6 Å². The molecular formula is C14H20N2O3. The zero-order valence-electron chi connectivity index (χ0n) is 11.6. The molecule has 104 valence electrons. The minimum atomic E-state index is -0.857. The van der Waals surface area contributed by atoms with E-state index in [0.717, 1.165) is 25.1 Å². The number of ether oxygens (including phenoxy) is 1. The molecule has 0 aliphatic carbocycles. The molecule has 2 rings (SSSR count). The monoisotopic (exact) mass is 264 g/mol. The van der Waals surface area contributed by atoms with Gasteiger partial charge in [0.25, 0.3) is 0 Å². The number of hydrogen-bond donors (Lipinski definition) is 1. The van der Waals surface area contributed by atoms with Crippen molar-refractivity contribution in [1.29, 1.82) is 0 Å². The highest BCUT2D eigenvalue weighted by Gasteiger charge is 2.23. The van der Waals surface area contributed by atoms with E-state index in [1.165, 1.54) is 0 Å². The Balaban J connectivity index is 2.35. The third kappa shape index (κ3) is 2.66. The van der Waals surface area contributed by atoms with Crippen LogP contribution in [-0.2, 0) is 13.0 Å². The molecule has 0 saturated heterocycles. The van der Waals surface area contributed by atoms with E-state index in [2.05, 4.69) is 12.0 Å². The summed E-state index contributed by atoms with van der Waals surface area (Å²) in [5.41, 5.74) is 0.640. The zero-order valence-corrected chi connectivity index (χ0v) is 11.6. The van der Waals surface area contributed by atoms with Gasteiger partial charge in [0.1, 0.15) is 17.2 Å². The highest BCUT2D eigenvalue weighted by Crippen LogP contribution is 2.31. The summed E-state index contributed by atoms with van der Waals surface area (Å²) in [5, 5.41) is 14.7. The third-order valence-electron chi connectivity index (χ3n) is 3.06. The summed E-state index contributed by atoms with van der Waals surface area (Å²) in [7, 11) is 1.57. The Hall–Kier alpha value is -1.75. The highest BCUT2D eigenvalue weighted by molar-refractivity contribution is 5.32. The fraction of sp³-hybridized carbons (Fsp3) is 0.500. The third-order valence-corrected chi connectivity index (χ3v) is 3.06. The molecule has 1 N–H and O–H groups in total. The van der Waals surface area contributed by atoms with Crippen LogP contribution in [0.2, 0.25) is 0 Å². The number of methoxy groups -OCH3 is 1. The Bertz CT molecular complexity index is 531. The maximum atomic E-state index is 10.5. The van der Waals surface area contributed by atoms with Crippen molar-refractivity contribution in [3.63, 3.8) is 0 Å². The van der Waals surface area contributed by atoms with Crippen molar-refractivity contribution in [2.24, 2.45) is 0 Å². The second-order valence-corrected chi connectivity index (χ2v) is 4.38. The number of nitrogens with zero attached hydrogens (tertiary/aromatic N) is 2. The minimum absolute atomic E-state index is 0.521. The van der Waals surface area contributed by atoms with Crippen molar-refractivity contribution in [3.05, 3.63) is 35.5 Å². The molecule has 2 heterocycles. The van der Waals surface area contributed by atoms with Crippen LogP contribution < -0.4 is 4.74 Å². The van der Waals surface area contributed by atoms with Gasteiger partial charge in [-0.3, -0.25) is 4.68 Å². The van der Waals surface area contributed by atoms with Crippen molar-refractivity contribution in [1.82, 2.24) is 9.78 Å². The fourth-order valence-corrected chi connectivity index (χ4v) is 2.07. The molecule has 0 saturated carbocycles. The molecule has 19 heavy (non-hydrogen) atoms. The van der Waals surface area contributed by atoms with Gasteiger partial charge in [0.2, 0.25) is 0 Å². The van der Waals surface area contributed by atoms with Gasteiger partial charge in [0, 0.05) is 13.0 Å². The van der Waals surface area contributed by atoms with Crippen molar-refractivity contribution in [2.75, 3.05) is 7.11 Å². The van der Waals surface area contributed by atoms with Crippen LogP contribution in [0.25, 0.3) is 0 Å². The van der Waals surface area contributed by atoms with E-state index < -0.39 is 6.10 Å². The Morgan fingerprint density at radius 1 is 1.42 bits per heavy atom. The Morgan fingerprint density at radius 2 is 2.21 bits per heavy atom. The normalized spacial score (nSPS) is 12.6. The van der Waals surface area contributed by atoms with Crippen LogP contribution in [-0.4, -0.2) is 22.0 Å². The van der Waals surface area contributed by atoms with Crippen LogP contribution in [0.15, 0.2) is 22.7 Å². The number of aromatic nitrogens is 2. The van der Waals surface area contributed by atoms with Crippen LogP contribution in [0.4, 0.5) is 0 Å². The van der Waals surface area contributed by atoms with E-state index in [4.69, 9.17) is 9.15 Å². The molecule has 1 atom stereocenters. The standard InChI is InChI=1S/C14H20N2O3/c1-4-8-16-13(12(18-3)9-15-16)14(17)11-7-6-10(5-2)19-11/h6-7,9,14,17H,4-5,8H2,1-3H3. The van der Waals surface area contributed by atoms with E-state index in [-0.39, 0.29) is 0 Å². The largest absolute Gasteiger partial charge is 0.493 e. The first-order chi connectivity index (χ1) is 9.21. The average molecular weight is 264 g/mol. The summed E-state index contributed by atoms with van der Waals surface area (Å²) in [6.45, 7) is 4.81. The van der Waals surface area contributed by atoms with Crippen molar-refractivity contribution < 1.29 is 14.3 Å². The first-order valence-electron chi connectivity index (χ1n) is 6.57. The van der Waals surface area contributed by atoms with Gasteiger partial charge in [-0.2, -0.15) is 5.10 Å². The summed E-state index contributed by atoms with van der Waals surface area (Å²) in [6.07, 6.45) is 2.50. The molecular weight excluding hydrogens is 244 g/mol. The van der Waals surface area contributed by atoms with Crippen LogP contribution in [0.1, 0.15) is 43.6 Å². The van der Waals surface area contributed by atoms with Gasteiger partial charge in [-0.25, -0.2) is 0 Å². The van der Waals surface area contributed by atoms with Gasteiger partial charge < -0.3 is 14.3 Å². The average Bonchev–Trinajstić information content (AvgIpc) is 3.04. The predicted molar refractivity (Wildman–Crippen MR) is 71.2 cm³/mol. The van der Waals surface area contributed by atoms with Gasteiger partial charge in [0.05, 0.1) is 13.3 Å². The maximum Gasteiger partial charge on any atom is 0.163 e. The summed E-state index contributed by atoms with van der Waals surface area (Å²) in [5.74, 6) is 1.96. The molecule has 0 spiro atoms. The molecule has 0 amide bonds. The van der Waals surface area contributed by atoms with Gasteiger partial charge in [-0.1, -0.05) is 13.8 Å².